The van der Waals surface area contributed by atoms with Gasteiger partial charge in [0.1, 0.15) is 35.6 Å². The molecule has 0 fully saturated rings. The molecule has 96 valence electrons. The van der Waals surface area contributed by atoms with Crippen molar-refractivity contribution in [1.29, 1.82) is 5.26 Å². The maximum Gasteiger partial charge on any atom is 0.144 e. The van der Waals surface area contributed by atoms with Crippen LogP contribution in [0.25, 0.3) is 0 Å². The van der Waals surface area contributed by atoms with Crippen molar-refractivity contribution in [1.82, 2.24) is 0 Å². The maximum absolute atomic E-state index is 13.4. The van der Waals surface area contributed by atoms with Crippen LogP contribution in [0.2, 0.25) is 0 Å². The minimum Gasteiger partial charge on any atom is -0.487 e. The quantitative estimate of drug-likeness (QED) is 0.841. The zero-order chi connectivity index (χ0) is 13.8. The highest BCUT2D eigenvalue weighted by atomic mass is 19.1. The molecular formula is C15H11F2NO. The molecule has 0 aromatic heterocycles. The Kier molecular flexibility index (Phi) is 3.76. The number of nitriles is 1. The summed E-state index contributed by atoms with van der Waals surface area (Å²) in [5.41, 5.74) is 1.39. The zero-order valence-electron chi connectivity index (χ0n) is 10.3. The van der Waals surface area contributed by atoms with Gasteiger partial charge in [-0.15, -0.1) is 0 Å². The molecule has 0 saturated carbocycles. The molecule has 0 aliphatic carbocycles. The summed E-state index contributed by atoms with van der Waals surface area (Å²) in [5, 5.41) is 8.87. The summed E-state index contributed by atoms with van der Waals surface area (Å²) in [5.74, 6) is -0.828. The van der Waals surface area contributed by atoms with Crippen LogP contribution in [0.5, 0.6) is 5.75 Å². The predicted octanol–water partition coefficient (Wildman–Crippen LogP) is 3.72. The van der Waals surface area contributed by atoms with E-state index >= 15 is 0 Å². The van der Waals surface area contributed by atoms with E-state index in [4.69, 9.17) is 10.00 Å². The normalized spacial score (nSPS) is 10.0. The number of rotatable bonds is 3. The lowest BCUT2D eigenvalue weighted by atomic mass is 10.1. The lowest BCUT2D eigenvalue weighted by Crippen LogP contribution is -2.01. The first-order valence-electron chi connectivity index (χ1n) is 5.68. The van der Waals surface area contributed by atoms with Gasteiger partial charge in [0.05, 0.1) is 0 Å². The van der Waals surface area contributed by atoms with Crippen molar-refractivity contribution in [2.75, 3.05) is 0 Å². The van der Waals surface area contributed by atoms with Crippen molar-refractivity contribution < 1.29 is 13.5 Å². The summed E-state index contributed by atoms with van der Waals surface area (Å²) in [7, 11) is 0. The highest BCUT2D eigenvalue weighted by molar-refractivity contribution is 5.44. The van der Waals surface area contributed by atoms with E-state index in [9.17, 15) is 8.78 Å². The van der Waals surface area contributed by atoms with E-state index in [1.165, 1.54) is 30.3 Å². The van der Waals surface area contributed by atoms with E-state index in [1.54, 1.807) is 12.1 Å². The molecule has 0 saturated heterocycles. The van der Waals surface area contributed by atoms with E-state index in [0.717, 1.165) is 5.56 Å². The lowest BCUT2D eigenvalue weighted by Gasteiger charge is -2.10. The van der Waals surface area contributed by atoms with Crippen LogP contribution in [0.3, 0.4) is 0 Å². The van der Waals surface area contributed by atoms with Gasteiger partial charge in [0, 0.05) is 0 Å². The van der Waals surface area contributed by atoms with Crippen molar-refractivity contribution in [3.63, 3.8) is 0 Å². The Balaban J connectivity index is 2.22. The second kappa shape index (κ2) is 5.49. The van der Waals surface area contributed by atoms with E-state index < -0.39 is 5.82 Å². The number of hydrogen-bond donors (Lipinski definition) is 0. The Morgan fingerprint density at radius 3 is 2.74 bits per heavy atom. The fourth-order valence-electron chi connectivity index (χ4n) is 1.68. The maximum atomic E-state index is 13.4. The van der Waals surface area contributed by atoms with E-state index in [1.807, 2.05) is 6.92 Å². The summed E-state index contributed by atoms with van der Waals surface area (Å²) >= 11 is 0. The van der Waals surface area contributed by atoms with Gasteiger partial charge >= 0.3 is 0 Å². The third-order valence-corrected chi connectivity index (χ3v) is 2.78. The molecule has 2 nitrogen and oxygen atoms in total. The molecule has 2 aromatic carbocycles. The van der Waals surface area contributed by atoms with Crippen molar-refractivity contribution in [3.8, 4) is 11.8 Å². The van der Waals surface area contributed by atoms with Crippen molar-refractivity contribution in [2.45, 2.75) is 13.5 Å². The molecule has 0 N–H and O–H groups in total. The molecule has 0 radical (unpaired) electrons. The molecule has 0 amide bonds. The lowest BCUT2D eigenvalue weighted by molar-refractivity contribution is 0.302. The van der Waals surface area contributed by atoms with Gasteiger partial charge in [-0.1, -0.05) is 12.1 Å². The molecule has 19 heavy (non-hydrogen) atoms. The van der Waals surface area contributed by atoms with Gasteiger partial charge in [-0.3, -0.25) is 0 Å². The molecular weight excluding hydrogens is 248 g/mol. The highest BCUT2D eigenvalue weighted by Gasteiger charge is 2.09. The monoisotopic (exact) mass is 259 g/mol. The minimum absolute atomic E-state index is 0.0850. The van der Waals surface area contributed by atoms with Gasteiger partial charge in [-0.05, 0) is 42.3 Å². The van der Waals surface area contributed by atoms with Crippen LogP contribution >= 0.6 is 0 Å². The Morgan fingerprint density at radius 2 is 2.00 bits per heavy atom. The van der Waals surface area contributed by atoms with Crippen molar-refractivity contribution >= 4 is 0 Å². The van der Waals surface area contributed by atoms with Gasteiger partial charge in [0.25, 0.3) is 0 Å². The molecule has 0 atom stereocenters. The van der Waals surface area contributed by atoms with Crippen molar-refractivity contribution in [3.05, 3.63) is 64.7 Å². The minimum atomic E-state index is -0.629. The Hall–Kier alpha value is -2.41. The standard InChI is InChI=1S/C15H11F2NO/c1-10-5-6-12(16)7-11(10)9-19-15-4-2-3-14(17)13(15)8-18/h2-7H,9H2,1H3. The summed E-state index contributed by atoms with van der Waals surface area (Å²) < 4.78 is 31.9. The number of nitrogens with zero attached hydrogens (tertiary/aromatic N) is 1. The Bertz CT molecular complexity index is 647. The van der Waals surface area contributed by atoms with Crippen LogP contribution in [0, 0.1) is 29.9 Å². The highest BCUT2D eigenvalue weighted by Crippen LogP contribution is 2.22. The summed E-state index contributed by atoms with van der Waals surface area (Å²) in [6.07, 6.45) is 0. The van der Waals surface area contributed by atoms with E-state index in [0.29, 0.717) is 5.56 Å². The van der Waals surface area contributed by atoms with Crippen LogP contribution in [0.1, 0.15) is 16.7 Å². The third-order valence-electron chi connectivity index (χ3n) is 2.78. The second-order valence-corrected chi connectivity index (χ2v) is 4.08. The van der Waals surface area contributed by atoms with Gasteiger partial charge in [-0.25, -0.2) is 8.78 Å². The van der Waals surface area contributed by atoms with Crippen LogP contribution in [0.15, 0.2) is 36.4 Å². The molecule has 0 unspecified atom stereocenters. The predicted molar refractivity (Wildman–Crippen MR) is 66.6 cm³/mol. The third kappa shape index (κ3) is 2.89. The van der Waals surface area contributed by atoms with Crippen molar-refractivity contribution in [2.24, 2.45) is 0 Å². The van der Waals surface area contributed by atoms with Crippen LogP contribution in [-0.4, -0.2) is 0 Å². The average molecular weight is 259 g/mol. The number of ether oxygens (including phenoxy) is 1. The molecule has 4 heteroatoms. The fraction of sp³-hybridized carbons (Fsp3) is 0.133. The van der Waals surface area contributed by atoms with E-state index in [-0.39, 0.29) is 23.7 Å². The van der Waals surface area contributed by atoms with Gasteiger partial charge in [0.15, 0.2) is 0 Å². The Labute approximate surface area is 109 Å². The Morgan fingerprint density at radius 1 is 1.21 bits per heavy atom. The number of benzene rings is 2. The van der Waals surface area contributed by atoms with Gasteiger partial charge in [0.2, 0.25) is 0 Å². The molecule has 0 spiro atoms. The first-order chi connectivity index (χ1) is 9.11. The van der Waals surface area contributed by atoms with Crippen LogP contribution in [0.4, 0.5) is 8.78 Å². The number of halogens is 2. The fourth-order valence-corrected chi connectivity index (χ4v) is 1.68. The topological polar surface area (TPSA) is 33.0 Å². The summed E-state index contributed by atoms with van der Waals surface area (Å²) in [6.45, 7) is 1.91. The van der Waals surface area contributed by atoms with Gasteiger partial charge < -0.3 is 4.74 Å². The molecule has 0 heterocycles. The van der Waals surface area contributed by atoms with E-state index in [2.05, 4.69) is 0 Å². The van der Waals surface area contributed by atoms with Crippen LogP contribution in [-0.2, 0) is 6.61 Å². The molecule has 0 aliphatic rings. The second-order valence-electron chi connectivity index (χ2n) is 4.08. The molecule has 2 rings (SSSR count). The smallest absolute Gasteiger partial charge is 0.144 e. The molecule has 0 aliphatic heterocycles. The van der Waals surface area contributed by atoms with Gasteiger partial charge in [-0.2, -0.15) is 5.26 Å². The first kappa shape index (κ1) is 13.0. The summed E-state index contributed by atoms with van der Waals surface area (Å²) in [6, 6.07) is 10.3. The largest absolute Gasteiger partial charge is 0.487 e. The molecule has 0 bridgehead atoms. The number of hydrogen-bond acceptors (Lipinski definition) is 2. The first-order valence-corrected chi connectivity index (χ1v) is 5.68. The van der Waals surface area contributed by atoms with Crippen LogP contribution < -0.4 is 4.74 Å². The molecule has 2 aromatic rings. The SMILES string of the molecule is Cc1ccc(F)cc1COc1cccc(F)c1C#N. The zero-order valence-corrected chi connectivity index (χ0v) is 10.3. The average Bonchev–Trinajstić information content (AvgIpc) is 2.40. The summed E-state index contributed by atoms with van der Waals surface area (Å²) in [4.78, 5) is 0. The number of aryl methyl sites for hydroxylation is 1.